The van der Waals surface area contributed by atoms with Crippen LogP contribution in [0.25, 0.3) is 0 Å². The predicted molar refractivity (Wildman–Crippen MR) is 47.9 cm³/mol. The topological polar surface area (TPSA) is 52.0 Å². The van der Waals surface area contributed by atoms with Crippen molar-refractivity contribution in [2.75, 3.05) is 0 Å². The van der Waals surface area contributed by atoms with Crippen LogP contribution in [-0.2, 0) is 0 Å². The van der Waals surface area contributed by atoms with E-state index in [1.807, 2.05) is 26.8 Å². The predicted octanol–water partition coefficient (Wildman–Crippen LogP) is 1.29. The molecule has 1 aliphatic rings. The SMILES string of the molecule is CC1=CC(C)(N)CC(C)=C1N. The average molecular weight is 152 g/mol. The number of allylic oxidation sites excluding steroid dienone is 1. The van der Waals surface area contributed by atoms with Crippen LogP contribution in [-0.4, -0.2) is 5.54 Å². The number of hydrogen-bond donors (Lipinski definition) is 2. The largest absolute Gasteiger partial charge is 0.399 e. The third-order valence-corrected chi connectivity index (χ3v) is 2.08. The normalized spacial score (nSPS) is 32.2. The molecule has 2 nitrogen and oxygen atoms in total. The first-order valence-corrected chi connectivity index (χ1v) is 3.86. The van der Waals surface area contributed by atoms with E-state index in [9.17, 15) is 0 Å². The van der Waals surface area contributed by atoms with Gasteiger partial charge < -0.3 is 11.5 Å². The molecule has 1 aliphatic carbocycles. The van der Waals surface area contributed by atoms with Crippen LogP contribution in [0.3, 0.4) is 0 Å². The van der Waals surface area contributed by atoms with Crippen LogP contribution >= 0.6 is 0 Å². The Balaban J connectivity index is 3.01. The van der Waals surface area contributed by atoms with E-state index >= 15 is 0 Å². The molecule has 0 aliphatic heterocycles. The molecule has 0 bridgehead atoms. The second-order valence-corrected chi connectivity index (χ2v) is 3.70. The van der Waals surface area contributed by atoms with Crippen molar-refractivity contribution in [1.29, 1.82) is 0 Å². The highest BCUT2D eigenvalue weighted by molar-refractivity contribution is 5.38. The molecule has 1 unspecified atom stereocenters. The molecule has 1 atom stereocenters. The van der Waals surface area contributed by atoms with Gasteiger partial charge in [0.25, 0.3) is 0 Å². The molecule has 0 radical (unpaired) electrons. The van der Waals surface area contributed by atoms with E-state index in [1.165, 1.54) is 5.57 Å². The molecule has 62 valence electrons. The van der Waals surface area contributed by atoms with Gasteiger partial charge in [0.15, 0.2) is 0 Å². The Morgan fingerprint density at radius 3 is 2.45 bits per heavy atom. The summed E-state index contributed by atoms with van der Waals surface area (Å²) in [5.74, 6) is 0. The van der Waals surface area contributed by atoms with Gasteiger partial charge >= 0.3 is 0 Å². The number of rotatable bonds is 0. The van der Waals surface area contributed by atoms with Crippen molar-refractivity contribution in [2.24, 2.45) is 11.5 Å². The summed E-state index contributed by atoms with van der Waals surface area (Å²) in [5.41, 5.74) is 14.8. The summed E-state index contributed by atoms with van der Waals surface area (Å²) < 4.78 is 0. The van der Waals surface area contributed by atoms with Crippen molar-refractivity contribution >= 4 is 0 Å². The Bertz CT molecular complexity index is 234. The summed E-state index contributed by atoms with van der Waals surface area (Å²) in [6.07, 6.45) is 2.91. The summed E-state index contributed by atoms with van der Waals surface area (Å²) in [7, 11) is 0. The first-order valence-electron chi connectivity index (χ1n) is 3.86. The molecule has 1 rings (SSSR count). The Morgan fingerprint density at radius 2 is 2.00 bits per heavy atom. The third kappa shape index (κ3) is 1.63. The minimum Gasteiger partial charge on any atom is -0.399 e. The minimum atomic E-state index is -0.197. The molecule has 0 aromatic heterocycles. The van der Waals surface area contributed by atoms with Gasteiger partial charge in [-0.25, -0.2) is 0 Å². The maximum Gasteiger partial charge on any atom is 0.0355 e. The Labute approximate surface area is 68.0 Å². The molecule has 0 aromatic rings. The first kappa shape index (κ1) is 8.34. The molecule has 4 N–H and O–H groups in total. The summed E-state index contributed by atoms with van der Waals surface area (Å²) >= 11 is 0. The van der Waals surface area contributed by atoms with Gasteiger partial charge in [-0.3, -0.25) is 0 Å². The summed E-state index contributed by atoms with van der Waals surface area (Å²) in [6, 6.07) is 0. The van der Waals surface area contributed by atoms with Crippen LogP contribution in [0.4, 0.5) is 0 Å². The summed E-state index contributed by atoms with van der Waals surface area (Å²) in [4.78, 5) is 0. The molecule has 0 fully saturated rings. The van der Waals surface area contributed by atoms with Gasteiger partial charge in [-0.1, -0.05) is 6.08 Å². The molecule has 0 amide bonds. The second-order valence-electron chi connectivity index (χ2n) is 3.70. The molecule has 0 aromatic carbocycles. The standard InChI is InChI=1S/C9H16N2/c1-6-4-9(3,11)5-7(2)8(6)10/h4H,5,10-11H2,1-3H3. The lowest BCUT2D eigenvalue weighted by atomic mass is 9.85. The molecule has 0 heterocycles. The van der Waals surface area contributed by atoms with Gasteiger partial charge in [-0.05, 0) is 38.3 Å². The van der Waals surface area contributed by atoms with E-state index in [0.29, 0.717) is 0 Å². The van der Waals surface area contributed by atoms with Gasteiger partial charge in [-0.2, -0.15) is 0 Å². The fourth-order valence-corrected chi connectivity index (χ4v) is 1.63. The highest BCUT2D eigenvalue weighted by Gasteiger charge is 2.22. The maximum absolute atomic E-state index is 5.95. The minimum absolute atomic E-state index is 0.197. The molecule has 2 heteroatoms. The lowest BCUT2D eigenvalue weighted by molar-refractivity contribution is 0.562. The number of nitrogens with two attached hydrogens (primary N) is 2. The third-order valence-electron chi connectivity index (χ3n) is 2.08. The van der Waals surface area contributed by atoms with E-state index in [2.05, 4.69) is 0 Å². The Morgan fingerprint density at radius 1 is 1.45 bits per heavy atom. The smallest absolute Gasteiger partial charge is 0.0355 e. The van der Waals surface area contributed by atoms with Crippen LogP contribution in [0.2, 0.25) is 0 Å². The highest BCUT2D eigenvalue weighted by Crippen LogP contribution is 2.26. The van der Waals surface area contributed by atoms with Gasteiger partial charge in [0.05, 0.1) is 0 Å². The van der Waals surface area contributed by atoms with Crippen molar-refractivity contribution in [3.05, 3.63) is 22.9 Å². The zero-order valence-corrected chi connectivity index (χ0v) is 7.44. The van der Waals surface area contributed by atoms with Crippen molar-refractivity contribution in [1.82, 2.24) is 0 Å². The molecular weight excluding hydrogens is 136 g/mol. The Kier molecular flexibility index (Phi) is 1.80. The van der Waals surface area contributed by atoms with Gasteiger partial charge in [0, 0.05) is 11.2 Å². The van der Waals surface area contributed by atoms with Crippen LogP contribution in [0.1, 0.15) is 27.2 Å². The number of hydrogen-bond acceptors (Lipinski definition) is 2. The van der Waals surface area contributed by atoms with Crippen LogP contribution in [0, 0.1) is 0 Å². The first-order chi connectivity index (χ1) is 4.92. The fraction of sp³-hybridized carbons (Fsp3) is 0.556. The van der Waals surface area contributed by atoms with Gasteiger partial charge in [0.1, 0.15) is 0 Å². The van der Waals surface area contributed by atoms with E-state index in [-0.39, 0.29) is 5.54 Å². The molecule has 0 saturated carbocycles. The summed E-state index contributed by atoms with van der Waals surface area (Å²) in [6.45, 7) is 6.06. The van der Waals surface area contributed by atoms with Crippen LogP contribution in [0.5, 0.6) is 0 Å². The Hall–Kier alpha value is -0.760. The zero-order chi connectivity index (χ0) is 8.65. The summed E-state index contributed by atoms with van der Waals surface area (Å²) in [5, 5.41) is 0. The van der Waals surface area contributed by atoms with Gasteiger partial charge in [0.2, 0.25) is 0 Å². The van der Waals surface area contributed by atoms with Gasteiger partial charge in [-0.15, -0.1) is 0 Å². The fourth-order valence-electron chi connectivity index (χ4n) is 1.63. The maximum atomic E-state index is 5.95. The quantitative estimate of drug-likeness (QED) is 0.549. The van der Waals surface area contributed by atoms with Crippen molar-refractivity contribution in [3.8, 4) is 0 Å². The van der Waals surface area contributed by atoms with Crippen molar-refractivity contribution < 1.29 is 0 Å². The van der Waals surface area contributed by atoms with Crippen molar-refractivity contribution in [3.63, 3.8) is 0 Å². The molecular formula is C9H16N2. The van der Waals surface area contributed by atoms with E-state index < -0.39 is 0 Å². The lowest BCUT2D eigenvalue weighted by Gasteiger charge is -2.27. The van der Waals surface area contributed by atoms with E-state index in [4.69, 9.17) is 11.5 Å². The van der Waals surface area contributed by atoms with Crippen LogP contribution in [0.15, 0.2) is 22.9 Å². The van der Waals surface area contributed by atoms with Crippen LogP contribution < -0.4 is 11.5 Å². The van der Waals surface area contributed by atoms with E-state index in [1.54, 1.807) is 0 Å². The lowest BCUT2D eigenvalue weighted by Crippen LogP contribution is -2.37. The molecule has 11 heavy (non-hydrogen) atoms. The highest BCUT2D eigenvalue weighted by atomic mass is 14.7. The molecule has 0 spiro atoms. The van der Waals surface area contributed by atoms with Crippen molar-refractivity contribution in [2.45, 2.75) is 32.7 Å². The zero-order valence-electron chi connectivity index (χ0n) is 7.44. The molecule has 0 saturated heterocycles. The average Bonchev–Trinajstić information content (AvgIpc) is 1.81. The van der Waals surface area contributed by atoms with E-state index in [0.717, 1.165) is 17.7 Å². The monoisotopic (exact) mass is 152 g/mol. The second kappa shape index (κ2) is 2.38.